The predicted molar refractivity (Wildman–Crippen MR) is 68.7 cm³/mol. The van der Waals surface area contributed by atoms with Crippen LogP contribution in [0.3, 0.4) is 0 Å². The maximum atomic E-state index is 11.5. The van der Waals surface area contributed by atoms with Gasteiger partial charge in [0, 0.05) is 19.2 Å². The van der Waals surface area contributed by atoms with Gasteiger partial charge in [-0.2, -0.15) is 0 Å². The molecular formula is C13H18N2O2. The van der Waals surface area contributed by atoms with E-state index in [1.807, 2.05) is 32.2 Å². The van der Waals surface area contributed by atoms with Gasteiger partial charge in [-0.1, -0.05) is 6.92 Å². The van der Waals surface area contributed by atoms with Crippen LogP contribution in [0.4, 0.5) is 11.4 Å². The summed E-state index contributed by atoms with van der Waals surface area (Å²) in [5.41, 5.74) is 1.87. The molecule has 17 heavy (non-hydrogen) atoms. The Hall–Kier alpha value is -1.71. The number of benzene rings is 1. The number of nitrogens with zero attached hydrogens (tertiary/aromatic N) is 1. The Labute approximate surface area is 102 Å². The van der Waals surface area contributed by atoms with E-state index in [9.17, 15) is 4.79 Å². The second-order valence-electron chi connectivity index (χ2n) is 4.25. The molecule has 4 nitrogen and oxygen atoms in total. The van der Waals surface area contributed by atoms with Crippen LogP contribution in [0, 0.1) is 0 Å². The van der Waals surface area contributed by atoms with Crippen molar-refractivity contribution in [1.29, 1.82) is 0 Å². The van der Waals surface area contributed by atoms with Crippen LogP contribution < -0.4 is 15.0 Å². The largest absolute Gasteiger partial charge is 0.490 e. The van der Waals surface area contributed by atoms with E-state index in [0.29, 0.717) is 13.0 Å². The SMILES string of the molecule is CCCC(=O)Nc1ccc2c(c1)N(C)CCO2. The molecule has 0 aliphatic carbocycles. The molecule has 1 heterocycles. The zero-order valence-corrected chi connectivity index (χ0v) is 10.3. The molecule has 1 aromatic carbocycles. The number of anilines is 2. The summed E-state index contributed by atoms with van der Waals surface area (Å²) in [5, 5.41) is 2.89. The molecule has 1 N–H and O–H groups in total. The molecule has 0 radical (unpaired) electrons. The molecule has 0 atom stereocenters. The van der Waals surface area contributed by atoms with Gasteiger partial charge in [-0.25, -0.2) is 0 Å². The van der Waals surface area contributed by atoms with Crippen LogP contribution in [0.15, 0.2) is 18.2 Å². The molecule has 1 aliphatic rings. The minimum Gasteiger partial charge on any atom is -0.490 e. The van der Waals surface area contributed by atoms with Crippen molar-refractivity contribution in [1.82, 2.24) is 0 Å². The van der Waals surface area contributed by atoms with Crippen molar-refractivity contribution in [2.45, 2.75) is 19.8 Å². The van der Waals surface area contributed by atoms with E-state index >= 15 is 0 Å². The van der Waals surface area contributed by atoms with Crippen molar-refractivity contribution in [3.8, 4) is 5.75 Å². The lowest BCUT2D eigenvalue weighted by Crippen LogP contribution is -2.28. The van der Waals surface area contributed by atoms with Crippen molar-refractivity contribution in [2.24, 2.45) is 0 Å². The fourth-order valence-electron chi connectivity index (χ4n) is 1.88. The highest BCUT2D eigenvalue weighted by Crippen LogP contribution is 2.33. The molecule has 0 saturated heterocycles. The Bertz CT molecular complexity index is 418. The number of ether oxygens (including phenoxy) is 1. The molecule has 2 rings (SSSR count). The lowest BCUT2D eigenvalue weighted by Gasteiger charge is -2.28. The molecule has 0 spiro atoms. The third-order valence-corrected chi connectivity index (χ3v) is 2.82. The van der Waals surface area contributed by atoms with Crippen molar-refractivity contribution in [3.63, 3.8) is 0 Å². The Kier molecular flexibility index (Phi) is 3.52. The lowest BCUT2D eigenvalue weighted by atomic mass is 10.2. The predicted octanol–water partition coefficient (Wildman–Crippen LogP) is 2.25. The first-order chi connectivity index (χ1) is 8.20. The summed E-state index contributed by atoms with van der Waals surface area (Å²) in [6.07, 6.45) is 1.42. The first-order valence-electron chi connectivity index (χ1n) is 5.98. The van der Waals surface area contributed by atoms with Gasteiger partial charge in [0.1, 0.15) is 12.4 Å². The number of carbonyl (C=O) groups is 1. The van der Waals surface area contributed by atoms with E-state index < -0.39 is 0 Å². The van der Waals surface area contributed by atoms with E-state index in [4.69, 9.17) is 4.74 Å². The highest BCUT2D eigenvalue weighted by atomic mass is 16.5. The Morgan fingerprint density at radius 2 is 2.35 bits per heavy atom. The van der Waals surface area contributed by atoms with Crippen LogP contribution in [-0.2, 0) is 4.79 Å². The van der Waals surface area contributed by atoms with Crippen LogP contribution in [-0.4, -0.2) is 26.1 Å². The van der Waals surface area contributed by atoms with E-state index in [1.165, 1.54) is 0 Å². The van der Waals surface area contributed by atoms with Crippen molar-refractivity contribution in [2.75, 3.05) is 30.4 Å². The van der Waals surface area contributed by atoms with E-state index in [0.717, 1.165) is 30.1 Å². The maximum absolute atomic E-state index is 11.5. The summed E-state index contributed by atoms with van der Waals surface area (Å²) in [7, 11) is 2.03. The Morgan fingerprint density at radius 1 is 1.53 bits per heavy atom. The average Bonchev–Trinajstić information content (AvgIpc) is 2.30. The quantitative estimate of drug-likeness (QED) is 0.872. The van der Waals surface area contributed by atoms with Crippen LogP contribution in [0.5, 0.6) is 5.75 Å². The summed E-state index contributed by atoms with van der Waals surface area (Å²) in [6.45, 7) is 3.58. The fourth-order valence-corrected chi connectivity index (χ4v) is 1.88. The molecule has 0 saturated carbocycles. The van der Waals surface area contributed by atoms with Gasteiger partial charge < -0.3 is 15.0 Å². The third kappa shape index (κ3) is 2.70. The van der Waals surface area contributed by atoms with E-state index in [2.05, 4.69) is 10.2 Å². The van der Waals surface area contributed by atoms with Gasteiger partial charge >= 0.3 is 0 Å². The topological polar surface area (TPSA) is 41.6 Å². The molecule has 1 amide bonds. The van der Waals surface area contributed by atoms with Gasteiger partial charge in [-0.15, -0.1) is 0 Å². The number of rotatable bonds is 3. The van der Waals surface area contributed by atoms with Gasteiger partial charge in [-0.05, 0) is 24.6 Å². The molecule has 92 valence electrons. The van der Waals surface area contributed by atoms with E-state index in [-0.39, 0.29) is 5.91 Å². The standard InChI is InChI=1S/C13H18N2O2/c1-3-4-13(16)14-10-5-6-12-11(9-10)15(2)7-8-17-12/h5-6,9H,3-4,7-8H2,1-2H3,(H,14,16). The lowest BCUT2D eigenvalue weighted by molar-refractivity contribution is -0.116. The smallest absolute Gasteiger partial charge is 0.224 e. The number of hydrogen-bond donors (Lipinski definition) is 1. The van der Waals surface area contributed by atoms with Crippen molar-refractivity contribution in [3.05, 3.63) is 18.2 Å². The summed E-state index contributed by atoms with van der Waals surface area (Å²) >= 11 is 0. The van der Waals surface area contributed by atoms with Gasteiger partial charge in [-0.3, -0.25) is 4.79 Å². The minimum absolute atomic E-state index is 0.0619. The highest BCUT2D eigenvalue weighted by Gasteiger charge is 2.15. The highest BCUT2D eigenvalue weighted by molar-refractivity contribution is 5.91. The van der Waals surface area contributed by atoms with Crippen molar-refractivity contribution < 1.29 is 9.53 Å². The van der Waals surface area contributed by atoms with Gasteiger partial charge in [0.15, 0.2) is 0 Å². The zero-order valence-electron chi connectivity index (χ0n) is 10.3. The molecule has 0 fully saturated rings. The molecule has 0 aromatic heterocycles. The number of likely N-dealkylation sites (N-methyl/N-ethyl adjacent to an activating group) is 1. The molecule has 1 aliphatic heterocycles. The first kappa shape index (κ1) is 11.8. The van der Waals surface area contributed by atoms with E-state index in [1.54, 1.807) is 0 Å². The number of amides is 1. The fraction of sp³-hybridized carbons (Fsp3) is 0.462. The van der Waals surface area contributed by atoms with Gasteiger partial charge in [0.2, 0.25) is 5.91 Å². The first-order valence-corrected chi connectivity index (χ1v) is 5.98. The van der Waals surface area contributed by atoms with Gasteiger partial charge in [0.25, 0.3) is 0 Å². The van der Waals surface area contributed by atoms with Crippen LogP contribution in [0.2, 0.25) is 0 Å². The monoisotopic (exact) mass is 234 g/mol. The number of carbonyl (C=O) groups excluding carboxylic acids is 1. The van der Waals surface area contributed by atoms with Crippen LogP contribution in [0.25, 0.3) is 0 Å². The second-order valence-corrected chi connectivity index (χ2v) is 4.25. The maximum Gasteiger partial charge on any atom is 0.224 e. The Morgan fingerprint density at radius 3 is 3.12 bits per heavy atom. The van der Waals surface area contributed by atoms with Crippen molar-refractivity contribution >= 4 is 17.3 Å². The Balaban J connectivity index is 2.15. The second kappa shape index (κ2) is 5.08. The van der Waals surface area contributed by atoms with Gasteiger partial charge in [0.05, 0.1) is 12.2 Å². The molecule has 1 aromatic rings. The van der Waals surface area contributed by atoms with Crippen LogP contribution >= 0.6 is 0 Å². The number of fused-ring (bicyclic) bond motifs is 1. The molecule has 4 heteroatoms. The average molecular weight is 234 g/mol. The molecular weight excluding hydrogens is 216 g/mol. The normalized spacial score (nSPS) is 13.9. The summed E-state index contributed by atoms with van der Waals surface area (Å²) in [6, 6.07) is 5.75. The summed E-state index contributed by atoms with van der Waals surface area (Å²) in [5.74, 6) is 0.944. The summed E-state index contributed by atoms with van der Waals surface area (Å²) in [4.78, 5) is 13.6. The summed E-state index contributed by atoms with van der Waals surface area (Å²) < 4.78 is 5.55. The van der Waals surface area contributed by atoms with Crippen LogP contribution in [0.1, 0.15) is 19.8 Å². The minimum atomic E-state index is 0.0619. The third-order valence-electron chi connectivity index (χ3n) is 2.82. The molecule has 0 bridgehead atoms. The zero-order chi connectivity index (χ0) is 12.3. The molecule has 0 unspecified atom stereocenters. The number of nitrogens with one attached hydrogen (secondary N) is 1. The number of hydrogen-bond acceptors (Lipinski definition) is 3.